The van der Waals surface area contributed by atoms with E-state index in [4.69, 9.17) is 9.72 Å². The normalized spacial score (nSPS) is 15.8. The third kappa shape index (κ3) is 3.57. The number of ether oxygens (including phenoxy) is 1. The van der Waals surface area contributed by atoms with Crippen molar-refractivity contribution < 1.29 is 9.53 Å². The Morgan fingerprint density at radius 2 is 2.00 bits per heavy atom. The number of likely N-dealkylation sites (tertiary alicyclic amines) is 1. The van der Waals surface area contributed by atoms with Crippen molar-refractivity contribution in [3.63, 3.8) is 0 Å². The molecular formula is C25H25N5O3. The summed E-state index contributed by atoms with van der Waals surface area (Å²) in [5.74, 6) is 0.947. The quantitative estimate of drug-likeness (QED) is 0.519. The number of carbonyl (C=O) groups excluding carboxylic acids is 1. The van der Waals surface area contributed by atoms with Gasteiger partial charge >= 0.3 is 0 Å². The summed E-state index contributed by atoms with van der Waals surface area (Å²) in [4.78, 5) is 41.2. The average Bonchev–Trinajstić information content (AvgIpc) is 3.47. The topological polar surface area (TPSA) is 93.1 Å². The van der Waals surface area contributed by atoms with E-state index in [0.29, 0.717) is 23.7 Å². The summed E-state index contributed by atoms with van der Waals surface area (Å²) in [6.07, 6.45) is 4.88. The average molecular weight is 444 g/mol. The van der Waals surface area contributed by atoms with E-state index in [1.807, 2.05) is 25.1 Å². The van der Waals surface area contributed by atoms with Gasteiger partial charge in [-0.05, 0) is 56.0 Å². The van der Waals surface area contributed by atoms with Crippen molar-refractivity contribution >= 4 is 16.9 Å². The SMILES string of the molecule is COc1ccc(-n2ccc(C)c(C(=O)N3CCCC3c3nc4c(C)cccc4[nH]3)c2=O)cn1. The molecule has 33 heavy (non-hydrogen) atoms. The van der Waals surface area contributed by atoms with Crippen molar-refractivity contribution in [3.05, 3.63) is 81.7 Å². The second kappa shape index (κ2) is 8.20. The van der Waals surface area contributed by atoms with Crippen LogP contribution in [0, 0.1) is 13.8 Å². The Balaban J connectivity index is 1.52. The smallest absolute Gasteiger partial charge is 0.268 e. The lowest BCUT2D eigenvalue weighted by molar-refractivity contribution is 0.0727. The number of fused-ring (bicyclic) bond motifs is 1. The summed E-state index contributed by atoms with van der Waals surface area (Å²) in [7, 11) is 1.53. The molecule has 1 aliphatic heterocycles. The van der Waals surface area contributed by atoms with E-state index < -0.39 is 0 Å². The molecule has 0 radical (unpaired) electrons. The number of para-hydroxylation sites is 1. The van der Waals surface area contributed by atoms with E-state index in [0.717, 1.165) is 35.3 Å². The van der Waals surface area contributed by atoms with Crippen LogP contribution in [0.5, 0.6) is 5.88 Å². The van der Waals surface area contributed by atoms with Crippen LogP contribution >= 0.6 is 0 Å². The second-order valence-corrected chi connectivity index (χ2v) is 8.36. The lowest BCUT2D eigenvalue weighted by atomic mass is 10.1. The highest BCUT2D eigenvalue weighted by Gasteiger charge is 2.34. The summed E-state index contributed by atoms with van der Waals surface area (Å²) in [5.41, 5.74) is 3.98. The van der Waals surface area contributed by atoms with Crippen molar-refractivity contribution in [2.75, 3.05) is 13.7 Å². The van der Waals surface area contributed by atoms with Gasteiger partial charge < -0.3 is 14.6 Å². The molecule has 3 aromatic heterocycles. The van der Waals surface area contributed by atoms with Gasteiger partial charge in [0, 0.05) is 18.8 Å². The van der Waals surface area contributed by atoms with Gasteiger partial charge in [-0.3, -0.25) is 14.2 Å². The van der Waals surface area contributed by atoms with Crippen LogP contribution in [0.15, 0.2) is 53.6 Å². The van der Waals surface area contributed by atoms with E-state index in [1.54, 1.807) is 42.4 Å². The number of benzene rings is 1. The first-order chi connectivity index (χ1) is 16.0. The molecule has 1 saturated heterocycles. The highest BCUT2D eigenvalue weighted by molar-refractivity contribution is 5.95. The number of carbonyl (C=O) groups is 1. The Labute approximate surface area is 190 Å². The molecule has 1 N–H and O–H groups in total. The van der Waals surface area contributed by atoms with E-state index in [-0.39, 0.29) is 23.1 Å². The van der Waals surface area contributed by atoms with Crippen LogP contribution in [0.1, 0.15) is 46.2 Å². The van der Waals surface area contributed by atoms with Gasteiger partial charge in [0.2, 0.25) is 5.88 Å². The molecule has 1 atom stereocenters. The molecule has 0 saturated carbocycles. The first-order valence-electron chi connectivity index (χ1n) is 11.0. The predicted molar refractivity (Wildman–Crippen MR) is 125 cm³/mol. The molecule has 1 aliphatic rings. The zero-order chi connectivity index (χ0) is 23.1. The maximum Gasteiger partial charge on any atom is 0.268 e. The van der Waals surface area contributed by atoms with Crippen molar-refractivity contribution in [3.8, 4) is 11.6 Å². The maximum atomic E-state index is 13.7. The number of imidazole rings is 1. The molecule has 8 heteroatoms. The fraction of sp³-hybridized carbons (Fsp3) is 0.280. The van der Waals surface area contributed by atoms with Gasteiger partial charge in [-0.25, -0.2) is 9.97 Å². The van der Waals surface area contributed by atoms with Gasteiger partial charge in [0.05, 0.1) is 36.1 Å². The number of nitrogens with zero attached hydrogens (tertiary/aromatic N) is 4. The Morgan fingerprint density at radius 1 is 1.15 bits per heavy atom. The van der Waals surface area contributed by atoms with Crippen LogP contribution in [0.4, 0.5) is 0 Å². The van der Waals surface area contributed by atoms with Crippen molar-refractivity contribution in [2.45, 2.75) is 32.7 Å². The lowest BCUT2D eigenvalue weighted by Gasteiger charge is -2.24. The minimum atomic E-state index is -0.363. The number of hydrogen-bond donors (Lipinski definition) is 1. The minimum Gasteiger partial charge on any atom is -0.481 e. The van der Waals surface area contributed by atoms with Gasteiger partial charge in [0.1, 0.15) is 11.4 Å². The number of aromatic amines is 1. The van der Waals surface area contributed by atoms with Gasteiger partial charge in [0.25, 0.3) is 11.5 Å². The molecule has 8 nitrogen and oxygen atoms in total. The molecule has 1 fully saturated rings. The van der Waals surface area contributed by atoms with E-state index >= 15 is 0 Å². The van der Waals surface area contributed by atoms with Crippen LogP contribution in [0.25, 0.3) is 16.7 Å². The van der Waals surface area contributed by atoms with Crippen LogP contribution in [-0.2, 0) is 0 Å². The maximum absolute atomic E-state index is 13.7. The molecule has 4 heterocycles. The fourth-order valence-electron chi connectivity index (χ4n) is 4.52. The third-order valence-corrected chi connectivity index (χ3v) is 6.28. The van der Waals surface area contributed by atoms with Crippen molar-refractivity contribution in [1.29, 1.82) is 0 Å². The standard InChI is InChI=1S/C25H25N5O3/c1-15-11-13-29(17-9-10-20(33-3)26-14-17)24(31)21(15)25(32)30-12-5-8-19(30)23-27-18-7-4-6-16(2)22(18)28-23/h4,6-7,9-11,13-14,19H,5,8,12H2,1-3H3,(H,27,28). The number of pyridine rings is 2. The number of rotatable bonds is 4. The Kier molecular flexibility index (Phi) is 5.20. The van der Waals surface area contributed by atoms with Crippen LogP contribution < -0.4 is 10.3 Å². The number of amides is 1. The van der Waals surface area contributed by atoms with Crippen molar-refractivity contribution in [2.24, 2.45) is 0 Å². The summed E-state index contributed by atoms with van der Waals surface area (Å²) in [5, 5.41) is 0. The predicted octanol–water partition coefficient (Wildman–Crippen LogP) is 3.71. The number of hydrogen-bond acceptors (Lipinski definition) is 5. The molecule has 4 aromatic rings. The number of H-pyrrole nitrogens is 1. The number of methoxy groups -OCH3 is 1. The molecular weight excluding hydrogens is 418 g/mol. The molecule has 1 amide bonds. The largest absolute Gasteiger partial charge is 0.481 e. The lowest BCUT2D eigenvalue weighted by Crippen LogP contribution is -2.37. The first-order valence-corrected chi connectivity index (χ1v) is 11.0. The highest BCUT2D eigenvalue weighted by atomic mass is 16.5. The summed E-state index contributed by atoms with van der Waals surface area (Å²) < 4.78 is 6.55. The van der Waals surface area contributed by atoms with E-state index in [9.17, 15) is 9.59 Å². The molecule has 0 bridgehead atoms. The number of aromatic nitrogens is 4. The summed E-state index contributed by atoms with van der Waals surface area (Å²) in [6, 6.07) is 11.0. The zero-order valence-electron chi connectivity index (χ0n) is 18.8. The molecule has 1 aromatic carbocycles. The first kappa shape index (κ1) is 20.9. The van der Waals surface area contributed by atoms with Gasteiger partial charge in [-0.2, -0.15) is 0 Å². The molecule has 168 valence electrons. The Bertz CT molecular complexity index is 1400. The van der Waals surface area contributed by atoms with E-state index in [1.165, 1.54) is 11.7 Å². The molecule has 1 unspecified atom stereocenters. The monoisotopic (exact) mass is 443 g/mol. The third-order valence-electron chi connectivity index (χ3n) is 6.28. The number of nitrogens with one attached hydrogen (secondary N) is 1. The Morgan fingerprint density at radius 3 is 2.73 bits per heavy atom. The highest BCUT2D eigenvalue weighted by Crippen LogP contribution is 2.33. The molecule has 0 spiro atoms. The van der Waals surface area contributed by atoms with Crippen LogP contribution in [0.2, 0.25) is 0 Å². The molecule has 0 aliphatic carbocycles. The molecule has 5 rings (SSSR count). The second-order valence-electron chi connectivity index (χ2n) is 8.36. The van der Waals surface area contributed by atoms with Gasteiger partial charge in [-0.15, -0.1) is 0 Å². The van der Waals surface area contributed by atoms with Gasteiger partial charge in [-0.1, -0.05) is 12.1 Å². The van der Waals surface area contributed by atoms with Gasteiger partial charge in [0.15, 0.2) is 0 Å². The summed E-state index contributed by atoms with van der Waals surface area (Å²) in [6.45, 7) is 4.40. The summed E-state index contributed by atoms with van der Waals surface area (Å²) >= 11 is 0. The minimum absolute atomic E-state index is 0.174. The van der Waals surface area contributed by atoms with Crippen LogP contribution in [0.3, 0.4) is 0 Å². The zero-order valence-corrected chi connectivity index (χ0v) is 18.8. The Hall–Kier alpha value is -3.94. The van der Waals surface area contributed by atoms with E-state index in [2.05, 4.69) is 9.97 Å². The van der Waals surface area contributed by atoms with Crippen molar-refractivity contribution in [1.82, 2.24) is 24.4 Å². The van der Waals surface area contributed by atoms with Crippen LogP contribution in [-0.4, -0.2) is 44.0 Å². The fourth-order valence-corrected chi connectivity index (χ4v) is 4.52. The number of aryl methyl sites for hydroxylation is 2.